The zero-order valence-corrected chi connectivity index (χ0v) is 10.4. The predicted molar refractivity (Wildman–Crippen MR) is 68.0 cm³/mol. The lowest BCUT2D eigenvalue weighted by Crippen LogP contribution is -2.29. The van der Waals surface area contributed by atoms with Crippen molar-refractivity contribution in [3.63, 3.8) is 0 Å². The molecule has 88 valence electrons. The lowest BCUT2D eigenvalue weighted by atomic mass is 10.1. The molecule has 1 fully saturated rings. The SMILES string of the molecule is CN(c1cccc(Cl)c1CO)C1CCCC1. The molecule has 0 radical (unpaired) electrons. The van der Waals surface area contributed by atoms with E-state index in [1.165, 1.54) is 25.7 Å². The molecule has 0 atom stereocenters. The maximum Gasteiger partial charge on any atom is 0.0716 e. The zero-order chi connectivity index (χ0) is 11.5. The van der Waals surface area contributed by atoms with Crippen molar-refractivity contribution in [3.05, 3.63) is 28.8 Å². The molecule has 1 N–H and O–H groups in total. The van der Waals surface area contributed by atoms with Gasteiger partial charge in [-0.15, -0.1) is 0 Å². The predicted octanol–water partition coefficient (Wildman–Crippen LogP) is 3.21. The molecule has 1 aromatic carbocycles. The van der Waals surface area contributed by atoms with E-state index >= 15 is 0 Å². The summed E-state index contributed by atoms with van der Waals surface area (Å²) in [7, 11) is 2.10. The second-order valence-electron chi connectivity index (χ2n) is 4.44. The summed E-state index contributed by atoms with van der Waals surface area (Å²) in [6.07, 6.45) is 5.11. The molecule has 0 bridgehead atoms. The number of aliphatic hydroxyl groups is 1. The van der Waals surface area contributed by atoms with Gasteiger partial charge in [-0.2, -0.15) is 0 Å². The summed E-state index contributed by atoms with van der Waals surface area (Å²) >= 11 is 6.09. The van der Waals surface area contributed by atoms with Gasteiger partial charge in [-0.3, -0.25) is 0 Å². The zero-order valence-electron chi connectivity index (χ0n) is 9.62. The van der Waals surface area contributed by atoms with E-state index < -0.39 is 0 Å². The van der Waals surface area contributed by atoms with Crippen LogP contribution in [0.2, 0.25) is 5.02 Å². The Kier molecular flexibility index (Phi) is 3.72. The van der Waals surface area contributed by atoms with Crippen LogP contribution in [0.3, 0.4) is 0 Å². The van der Waals surface area contributed by atoms with Gasteiger partial charge in [0, 0.05) is 29.4 Å². The second-order valence-corrected chi connectivity index (χ2v) is 4.85. The summed E-state index contributed by atoms with van der Waals surface area (Å²) in [5.74, 6) is 0. The quantitative estimate of drug-likeness (QED) is 0.876. The van der Waals surface area contributed by atoms with Crippen LogP contribution < -0.4 is 4.90 Å². The Labute approximate surface area is 102 Å². The molecule has 1 aliphatic carbocycles. The monoisotopic (exact) mass is 239 g/mol. The topological polar surface area (TPSA) is 23.5 Å². The van der Waals surface area contributed by atoms with Crippen molar-refractivity contribution in [2.45, 2.75) is 38.3 Å². The number of hydrogen-bond acceptors (Lipinski definition) is 2. The van der Waals surface area contributed by atoms with E-state index in [0.717, 1.165) is 11.3 Å². The maximum atomic E-state index is 9.38. The first kappa shape index (κ1) is 11.7. The summed E-state index contributed by atoms with van der Waals surface area (Å²) in [4.78, 5) is 2.27. The van der Waals surface area contributed by atoms with Crippen molar-refractivity contribution >= 4 is 17.3 Å². The van der Waals surface area contributed by atoms with Crippen LogP contribution in [0.15, 0.2) is 18.2 Å². The van der Waals surface area contributed by atoms with Gasteiger partial charge in [-0.05, 0) is 25.0 Å². The molecule has 0 aliphatic heterocycles. The number of aliphatic hydroxyl groups excluding tert-OH is 1. The van der Waals surface area contributed by atoms with E-state index in [1.54, 1.807) is 0 Å². The van der Waals surface area contributed by atoms with Crippen LogP contribution in [-0.2, 0) is 6.61 Å². The van der Waals surface area contributed by atoms with E-state index in [-0.39, 0.29) is 6.61 Å². The molecule has 2 nitrogen and oxygen atoms in total. The van der Waals surface area contributed by atoms with E-state index in [9.17, 15) is 5.11 Å². The van der Waals surface area contributed by atoms with Crippen molar-refractivity contribution in [1.29, 1.82) is 0 Å². The summed E-state index contributed by atoms with van der Waals surface area (Å²) in [5, 5.41) is 10.0. The van der Waals surface area contributed by atoms with Gasteiger partial charge in [-0.1, -0.05) is 30.5 Å². The van der Waals surface area contributed by atoms with Gasteiger partial charge in [-0.25, -0.2) is 0 Å². The van der Waals surface area contributed by atoms with Gasteiger partial charge in [0.15, 0.2) is 0 Å². The highest BCUT2D eigenvalue weighted by molar-refractivity contribution is 6.31. The smallest absolute Gasteiger partial charge is 0.0716 e. The average molecular weight is 240 g/mol. The third-order valence-corrected chi connectivity index (χ3v) is 3.86. The normalized spacial score (nSPS) is 16.7. The first-order valence-corrected chi connectivity index (χ1v) is 6.23. The first-order valence-electron chi connectivity index (χ1n) is 5.85. The summed E-state index contributed by atoms with van der Waals surface area (Å²) in [5.41, 5.74) is 1.92. The third-order valence-electron chi connectivity index (χ3n) is 3.50. The molecule has 1 saturated carbocycles. The van der Waals surface area contributed by atoms with Gasteiger partial charge < -0.3 is 10.0 Å². The Morgan fingerprint density at radius 3 is 2.69 bits per heavy atom. The van der Waals surface area contributed by atoms with Crippen LogP contribution in [0.5, 0.6) is 0 Å². The fourth-order valence-electron chi connectivity index (χ4n) is 2.52. The molecule has 16 heavy (non-hydrogen) atoms. The molecule has 0 saturated heterocycles. The Morgan fingerprint density at radius 2 is 2.06 bits per heavy atom. The number of anilines is 1. The van der Waals surface area contributed by atoms with Gasteiger partial charge in [0.05, 0.1) is 6.61 Å². The third kappa shape index (κ3) is 2.18. The maximum absolute atomic E-state index is 9.38. The number of rotatable bonds is 3. The Bertz CT molecular complexity index is 361. The van der Waals surface area contributed by atoms with Crippen LogP contribution in [0.1, 0.15) is 31.2 Å². The highest BCUT2D eigenvalue weighted by Gasteiger charge is 2.21. The van der Waals surface area contributed by atoms with Gasteiger partial charge in [0.2, 0.25) is 0 Å². The van der Waals surface area contributed by atoms with Crippen LogP contribution in [0.25, 0.3) is 0 Å². The van der Waals surface area contributed by atoms with Crippen LogP contribution in [0.4, 0.5) is 5.69 Å². The molecule has 1 aliphatic rings. The Balaban J connectivity index is 2.27. The van der Waals surface area contributed by atoms with E-state index in [2.05, 4.69) is 11.9 Å². The molecule has 0 aromatic heterocycles. The average Bonchev–Trinajstić information content (AvgIpc) is 2.81. The standard InChI is InChI=1S/C13H18ClNO/c1-15(10-5-2-3-6-10)13-8-4-7-12(14)11(13)9-16/h4,7-8,10,16H,2-3,5-6,9H2,1H3. The summed E-state index contributed by atoms with van der Waals surface area (Å²) in [6, 6.07) is 6.42. The molecular weight excluding hydrogens is 222 g/mol. The van der Waals surface area contributed by atoms with E-state index in [4.69, 9.17) is 11.6 Å². The van der Waals surface area contributed by atoms with Crippen LogP contribution in [0, 0.1) is 0 Å². The molecule has 0 heterocycles. The van der Waals surface area contributed by atoms with E-state index in [0.29, 0.717) is 11.1 Å². The van der Waals surface area contributed by atoms with Crippen molar-refractivity contribution in [1.82, 2.24) is 0 Å². The molecular formula is C13H18ClNO. The molecule has 1 aromatic rings. The lowest BCUT2D eigenvalue weighted by molar-refractivity contribution is 0.282. The fourth-order valence-corrected chi connectivity index (χ4v) is 2.75. The number of nitrogens with zero attached hydrogens (tertiary/aromatic N) is 1. The van der Waals surface area contributed by atoms with Crippen molar-refractivity contribution < 1.29 is 5.11 Å². The largest absolute Gasteiger partial charge is 0.392 e. The number of benzene rings is 1. The minimum absolute atomic E-state index is 0.00602. The molecule has 0 amide bonds. The Hall–Kier alpha value is -0.730. The molecule has 2 rings (SSSR count). The minimum Gasteiger partial charge on any atom is -0.392 e. The van der Waals surface area contributed by atoms with Crippen LogP contribution in [-0.4, -0.2) is 18.2 Å². The molecule has 0 unspecified atom stereocenters. The van der Waals surface area contributed by atoms with E-state index in [1.807, 2.05) is 18.2 Å². The number of halogens is 1. The number of hydrogen-bond donors (Lipinski definition) is 1. The highest BCUT2D eigenvalue weighted by Crippen LogP contribution is 2.32. The van der Waals surface area contributed by atoms with Gasteiger partial charge in [0.25, 0.3) is 0 Å². The lowest BCUT2D eigenvalue weighted by Gasteiger charge is -2.28. The summed E-state index contributed by atoms with van der Waals surface area (Å²) < 4.78 is 0. The van der Waals surface area contributed by atoms with Crippen molar-refractivity contribution in [2.75, 3.05) is 11.9 Å². The van der Waals surface area contributed by atoms with Gasteiger partial charge in [0.1, 0.15) is 0 Å². The summed E-state index contributed by atoms with van der Waals surface area (Å²) in [6.45, 7) is 0.00602. The Morgan fingerprint density at radius 1 is 1.38 bits per heavy atom. The first-order chi connectivity index (χ1) is 7.74. The highest BCUT2D eigenvalue weighted by atomic mass is 35.5. The second kappa shape index (κ2) is 5.07. The van der Waals surface area contributed by atoms with Gasteiger partial charge >= 0.3 is 0 Å². The molecule has 3 heteroatoms. The fraction of sp³-hybridized carbons (Fsp3) is 0.538. The molecule has 0 spiro atoms. The minimum atomic E-state index is 0.00602. The van der Waals surface area contributed by atoms with Crippen LogP contribution >= 0.6 is 11.6 Å². The van der Waals surface area contributed by atoms with Crippen molar-refractivity contribution in [2.24, 2.45) is 0 Å². The van der Waals surface area contributed by atoms with Crippen molar-refractivity contribution in [3.8, 4) is 0 Å².